The molecule has 0 amide bonds. The van der Waals surface area contributed by atoms with Crippen LogP contribution in [0.3, 0.4) is 0 Å². The van der Waals surface area contributed by atoms with Crippen LogP contribution in [0.5, 0.6) is 0 Å². The van der Waals surface area contributed by atoms with Crippen LogP contribution >= 0.6 is 0 Å². The van der Waals surface area contributed by atoms with E-state index in [4.69, 9.17) is 0 Å². The maximum absolute atomic E-state index is 4.44. The van der Waals surface area contributed by atoms with Gasteiger partial charge in [-0.2, -0.15) is 0 Å². The molecule has 0 aliphatic carbocycles. The van der Waals surface area contributed by atoms with Crippen molar-refractivity contribution in [3.05, 3.63) is 71.8 Å². The second kappa shape index (κ2) is 6.43. The maximum atomic E-state index is 4.44. The largest absolute Gasteiger partial charge is 0.241 e. The molecule has 3 rings (SSSR count). The summed E-state index contributed by atoms with van der Waals surface area (Å²) in [6, 6.07) is 8.37. The Kier molecular flexibility index (Phi) is 4.19. The van der Waals surface area contributed by atoms with E-state index in [-0.39, 0.29) is 0 Å². The molecule has 2 aromatic heterocycles. The van der Waals surface area contributed by atoms with Crippen molar-refractivity contribution in [1.82, 2.24) is 19.9 Å². The van der Waals surface area contributed by atoms with Gasteiger partial charge in [-0.1, -0.05) is 29.8 Å². The molecule has 0 aliphatic rings. The molecule has 0 atom stereocenters. The lowest BCUT2D eigenvalue weighted by Gasteiger charge is -2.04. The predicted octanol–water partition coefficient (Wildman–Crippen LogP) is 3.34. The summed E-state index contributed by atoms with van der Waals surface area (Å²) < 4.78 is 0. The first-order chi connectivity index (χ1) is 10.7. The first kappa shape index (κ1) is 14.3. The molecule has 1 aromatic carbocycles. The number of benzene rings is 1. The summed E-state index contributed by atoms with van der Waals surface area (Å²) in [6.45, 7) is 4.06. The molecule has 4 nitrogen and oxygen atoms in total. The predicted molar refractivity (Wildman–Crippen MR) is 86.4 cm³/mol. The first-order valence-electron chi connectivity index (χ1n) is 7.36. The minimum absolute atomic E-state index is 0.747. The van der Waals surface area contributed by atoms with Gasteiger partial charge in [0.1, 0.15) is 11.6 Å². The van der Waals surface area contributed by atoms with Crippen LogP contribution < -0.4 is 0 Å². The van der Waals surface area contributed by atoms with Gasteiger partial charge in [0.15, 0.2) is 0 Å². The molecular formula is C18H18N4. The van der Waals surface area contributed by atoms with Gasteiger partial charge in [-0.3, -0.25) is 0 Å². The first-order valence-corrected chi connectivity index (χ1v) is 7.36. The van der Waals surface area contributed by atoms with Crippen LogP contribution in [-0.4, -0.2) is 19.9 Å². The zero-order chi connectivity index (χ0) is 15.4. The molecule has 0 spiro atoms. The zero-order valence-corrected chi connectivity index (χ0v) is 12.8. The number of rotatable bonds is 4. The number of aromatic nitrogens is 4. The van der Waals surface area contributed by atoms with E-state index in [2.05, 4.69) is 51.1 Å². The average Bonchev–Trinajstić information content (AvgIpc) is 2.56. The highest BCUT2D eigenvalue weighted by atomic mass is 14.9. The van der Waals surface area contributed by atoms with Gasteiger partial charge in [-0.15, -0.1) is 0 Å². The van der Waals surface area contributed by atoms with E-state index in [1.807, 2.05) is 31.7 Å². The van der Waals surface area contributed by atoms with E-state index in [1.54, 1.807) is 0 Å². The van der Waals surface area contributed by atoms with Gasteiger partial charge in [0.05, 0.1) is 0 Å². The molecule has 3 aromatic rings. The third kappa shape index (κ3) is 3.52. The van der Waals surface area contributed by atoms with Gasteiger partial charge >= 0.3 is 0 Å². The molecule has 2 heterocycles. The lowest BCUT2D eigenvalue weighted by Crippen LogP contribution is -2.01. The standard InChI is InChI=1S/C18H18N4/c1-13-3-5-15(6-4-13)16-11-21-18(22-12-16)8-7-17-19-9-14(2)10-20-17/h3-6,9-12H,7-8H2,1-2H3. The monoisotopic (exact) mass is 290 g/mol. The van der Waals surface area contributed by atoms with E-state index < -0.39 is 0 Å². The van der Waals surface area contributed by atoms with Gasteiger partial charge in [0.25, 0.3) is 0 Å². The summed E-state index contributed by atoms with van der Waals surface area (Å²) in [5.74, 6) is 1.65. The van der Waals surface area contributed by atoms with Crippen LogP contribution in [0.4, 0.5) is 0 Å². The Bertz CT molecular complexity index is 732. The highest BCUT2D eigenvalue weighted by molar-refractivity contribution is 5.61. The Hall–Kier alpha value is -2.62. The van der Waals surface area contributed by atoms with Crippen LogP contribution in [0.2, 0.25) is 0 Å². The fourth-order valence-corrected chi connectivity index (χ4v) is 2.15. The highest BCUT2D eigenvalue weighted by Gasteiger charge is 2.03. The molecule has 0 unspecified atom stereocenters. The van der Waals surface area contributed by atoms with Crippen molar-refractivity contribution in [2.75, 3.05) is 0 Å². The molecule has 110 valence electrons. The molecule has 0 N–H and O–H groups in total. The van der Waals surface area contributed by atoms with Crippen molar-refractivity contribution < 1.29 is 0 Å². The van der Waals surface area contributed by atoms with Crippen molar-refractivity contribution in [3.63, 3.8) is 0 Å². The lowest BCUT2D eigenvalue weighted by atomic mass is 10.1. The number of hydrogen-bond donors (Lipinski definition) is 0. The fourth-order valence-electron chi connectivity index (χ4n) is 2.15. The SMILES string of the molecule is Cc1ccc(-c2cnc(CCc3ncc(C)cn3)nc2)cc1. The Morgan fingerprint density at radius 1 is 0.591 bits per heavy atom. The topological polar surface area (TPSA) is 51.6 Å². The summed E-state index contributed by atoms with van der Waals surface area (Å²) in [6.07, 6.45) is 8.93. The zero-order valence-electron chi connectivity index (χ0n) is 12.8. The number of nitrogens with zero attached hydrogens (tertiary/aromatic N) is 4. The molecule has 0 bridgehead atoms. The smallest absolute Gasteiger partial charge is 0.128 e. The Labute approximate surface area is 130 Å². The van der Waals surface area contributed by atoms with E-state index in [9.17, 15) is 0 Å². The van der Waals surface area contributed by atoms with Crippen molar-refractivity contribution in [2.24, 2.45) is 0 Å². The van der Waals surface area contributed by atoms with Gasteiger partial charge in [-0.25, -0.2) is 19.9 Å². The Morgan fingerprint density at radius 3 is 1.64 bits per heavy atom. The van der Waals surface area contributed by atoms with Gasteiger partial charge in [0, 0.05) is 43.2 Å². The van der Waals surface area contributed by atoms with Crippen molar-refractivity contribution >= 4 is 0 Å². The maximum Gasteiger partial charge on any atom is 0.128 e. The van der Waals surface area contributed by atoms with E-state index in [0.29, 0.717) is 0 Å². The second-order valence-corrected chi connectivity index (χ2v) is 5.43. The van der Waals surface area contributed by atoms with E-state index >= 15 is 0 Å². The second-order valence-electron chi connectivity index (χ2n) is 5.43. The third-order valence-electron chi connectivity index (χ3n) is 3.50. The normalized spacial score (nSPS) is 10.6. The minimum Gasteiger partial charge on any atom is -0.241 e. The molecule has 22 heavy (non-hydrogen) atoms. The average molecular weight is 290 g/mol. The molecular weight excluding hydrogens is 272 g/mol. The number of hydrogen-bond acceptors (Lipinski definition) is 4. The van der Waals surface area contributed by atoms with Crippen molar-refractivity contribution in [2.45, 2.75) is 26.7 Å². The minimum atomic E-state index is 0.747. The van der Waals surface area contributed by atoms with E-state index in [1.165, 1.54) is 5.56 Å². The van der Waals surface area contributed by atoms with Crippen molar-refractivity contribution in [1.29, 1.82) is 0 Å². The van der Waals surface area contributed by atoms with Crippen molar-refractivity contribution in [3.8, 4) is 11.1 Å². The van der Waals surface area contributed by atoms with E-state index in [0.717, 1.165) is 41.2 Å². The quantitative estimate of drug-likeness (QED) is 0.739. The highest BCUT2D eigenvalue weighted by Crippen LogP contribution is 2.17. The molecule has 0 aliphatic heterocycles. The summed E-state index contributed by atoms with van der Waals surface area (Å²) in [5.41, 5.74) is 4.50. The lowest BCUT2D eigenvalue weighted by molar-refractivity contribution is 0.802. The summed E-state index contributed by atoms with van der Waals surface area (Å²) >= 11 is 0. The summed E-state index contributed by atoms with van der Waals surface area (Å²) in [4.78, 5) is 17.5. The molecule has 4 heteroatoms. The van der Waals surface area contributed by atoms with Gasteiger partial charge in [0.2, 0.25) is 0 Å². The van der Waals surface area contributed by atoms with Crippen LogP contribution in [0, 0.1) is 13.8 Å². The summed E-state index contributed by atoms with van der Waals surface area (Å²) in [7, 11) is 0. The Balaban J connectivity index is 1.66. The van der Waals surface area contributed by atoms with Crippen LogP contribution in [0.1, 0.15) is 22.8 Å². The molecule has 0 saturated heterocycles. The fraction of sp³-hybridized carbons (Fsp3) is 0.222. The van der Waals surface area contributed by atoms with Crippen LogP contribution in [-0.2, 0) is 12.8 Å². The molecule has 0 fully saturated rings. The van der Waals surface area contributed by atoms with Gasteiger partial charge in [-0.05, 0) is 25.0 Å². The summed E-state index contributed by atoms with van der Waals surface area (Å²) in [5, 5.41) is 0. The molecule has 0 saturated carbocycles. The number of aryl methyl sites for hydroxylation is 4. The van der Waals surface area contributed by atoms with Gasteiger partial charge < -0.3 is 0 Å². The van der Waals surface area contributed by atoms with Crippen LogP contribution in [0.15, 0.2) is 49.1 Å². The van der Waals surface area contributed by atoms with Crippen LogP contribution in [0.25, 0.3) is 11.1 Å². The molecule has 0 radical (unpaired) electrons. The Morgan fingerprint density at radius 2 is 1.09 bits per heavy atom. The third-order valence-corrected chi connectivity index (χ3v) is 3.50.